The molecular weight excluding hydrogens is 280 g/mol. The summed E-state index contributed by atoms with van der Waals surface area (Å²) in [6, 6.07) is 6.96. The van der Waals surface area contributed by atoms with Gasteiger partial charge in [-0.15, -0.1) is 5.10 Å². The molecule has 1 atom stereocenters. The summed E-state index contributed by atoms with van der Waals surface area (Å²) in [5, 5.41) is 11.5. The van der Waals surface area contributed by atoms with Gasteiger partial charge < -0.3 is 5.32 Å². The summed E-state index contributed by atoms with van der Waals surface area (Å²) in [4.78, 5) is 24.5. The molecule has 0 aliphatic carbocycles. The lowest BCUT2D eigenvalue weighted by atomic mass is 9.95. The van der Waals surface area contributed by atoms with E-state index in [-0.39, 0.29) is 17.5 Å². The van der Waals surface area contributed by atoms with E-state index in [1.165, 1.54) is 4.68 Å². The molecule has 1 N–H and O–H groups in total. The van der Waals surface area contributed by atoms with Crippen LogP contribution in [-0.2, 0) is 11.3 Å². The fourth-order valence-corrected chi connectivity index (χ4v) is 2.03. The Kier molecular flexibility index (Phi) is 4.59. The summed E-state index contributed by atoms with van der Waals surface area (Å²) in [5.74, 6) is -0.0406. The molecule has 1 aromatic carbocycles. The van der Waals surface area contributed by atoms with Gasteiger partial charge in [0.1, 0.15) is 5.52 Å². The number of amides is 1. The summed E-state index contributed by atoms with van der Waals surface area (Å²) >= 11 is 0. The molecule has 0 saturated carbocycles. The number of aromatic nitrogens is 3. The molecule has 0 spiro atoms. The second kappa shape index (κ2) is 6.25. The molecule has 0 saturated heterocycles. The molecule has 1 heterocycles. The normalized spacial score (nSPS) is 13.1. The Labute approximate surface area is 129 Å². The van der Waals surface area contributed by atoms with Crippen molar-refractivity contribution in [3.05, 3.63) is 34.6 Å². The van der Waals surface area contributed by atoms with Gasteiger partial charge in [-0.05, 0) is 18.6 Å². The minimum absolute atomic E-state index is 0.0406. The van der Waals surface area contributed by atoms with Crippen molar-refractivity contribution in [3.63, 3.8) is 0 Å². The first-order valence-electron chi connectivity index (χ1n) is 7.46. The Morgan fingerprint density at radius 2 is 2.00 bits per heavy atom. The number of fused-ring (bicyclic) bond motifs is 1. The Morgan fingerprint density at radius 1 is 1.32 bits per heavy atom. The second-order valence-electron chi connectivity index (χ2n) is 6.42. The maximum atomic E-state index is 12.4. The largest absolute Gasteiger partial charge is 0.351 e. The van der Waals surface area contributed by atoms with Crippen LogP contribution in [-0.4, -0.2) is 26.9 Å². The van der Waals surface area contributed by atoms with Gasteiger partial charge in [0.2, 0.25) is 5.91 Å². The topological polar surface area (TPSA) is 76.9 Å². The fourth-order valence-electron chi connectivity index (χ4n) is 2.03. The molecular formula is C16H22N4O2. The lowest BCUT2D eigenvalue weighted by Crippen LogP contribution is -2.45. The molecule has 118 valence electrons. The summed E-state index contributed by atoms with van der Waals surface area (Å²) in [6.07, 6.45) is 0.711. The molecule has 1 aromatic heterocycles. The van der Waals surface area contributed by atoms with Gasteiger partial charge in [0.25, 0.3) is 5.56 Å². The highest BCUT2D eigenvalue weighted by Gasteiger charge is 2.24. The maximum Gasteiger partial charge on any atom is 0.277 e. The molecule has 0 aliphatic heterocycles. The minimum Gasteiger partial charge on any atom is -0.351 e. The molecule has 6 nitrogen and oxygen atoms in total. The highest BCUT2D eigenvalue weighted by atomic mass is 16.2. The molecule has 0 unspecified atom stereocenters. The van der Waals surface area contributed by atoms with E-state index in [1.54, 1.807) is 18.2 Å². The van der Waals surface area contributed by atoms with E-state index in [0.29, 0.717) is 23.9 Å². The van der Waals surface area contributed by atoms with E-state index in [9.17, 15) is 9.59 Å². The quantitative estimate of drug-likeness (QED) is 0.933. The van der Waals surface area contributed by atoms with Gasteiger partial charge in [-0.25, -0.2) is 4.68 Å². The van der Waals surface area contributed by atoms with Gasteiger partial charge in [-0.2, -0.15) is 0 Å². The first kappa shape index (κ1) is 16.1. The van der Waals surface area contributed by atoms with Crippen LogP contribution in [0.4, 0.5) is 0 Å². The van der Waals surface area contributed by atoms with Crippen LogP contribution in [0.5, 0.6) is 0 Å². The Morgan fingerprint density at radius 3 is 2.64 bits per heavy atom. The van der Waals surface area contributed by atoms with Crippen molar-refractivity contribution < 1.29 is 4.79 Å². The van der Waals surface area contributed by atoms with Crippen molar-refractivity contribution in [2.75, 3.05) is 0 Å². The van der Waals surface area contributed by atoms with Crippen LogP contribution in [0, 0.1) is 5.41 Å². The Bertz CT molecular complexity index is 731. The summed E-state index contributed by atoms with van der Waals surface area (Å²) < 4.78 is 1.32. The van der Waals surface area contributed by atoms with Crippen LogP contribution in [0.15, 0.2) is 29.1 Å². The Hall–Kier alpha value is -2.24. The third kappa shape index (κ3) is 3.50. The van der Waals surface area contributed by atoms with E-state index >= 15 is 0 Å². The number of carbonyl (C=O) groups excluding carboxylic acids is 1. The van der Waals surface area contributed by atoms with E-state index in [1.807, 2.05) is 33.8 Å². The monoisotopic (exact) mass is 302 g/mol. The van der Waals surface area contributed by atoms with Crippen LogP contribution in [0.25, 0.3) is 10.9 Å². The summed E-state index contributed by atoms with van der Waals surface area (Å²) in [6.45, 7) is 7.85. The molecule has 0 aliphatic rings. The zero-order chi connectivity index (χ0) is 16.3. The van der Waals surface area contributed by atoms with E-state index in [2.05, 4.69) is 15.6 Å². The van der Waals surface area contributed by atoms with Crippen molar-refractivity contribution >= 4 is 16.8 Å². The van der Waals surface area contributed by atoms with Gasteiger partial charge in [-0.1, -0.05) is 45.0 Å². The molecule has 6 heteroatoms. The average Bonchev–Trinajstić information content (AvgIpc) is 2.48. The number of carbonyl (C=O) groups is 1. The fraction of sp³-hybridized carbons (Fsp3) is 0.500. The number of hydrogen-bond acceptors (Lipinski definition) is 4. The standard InChI is InChI=1S/C16H22N4O2/c1-5-11(17-15(22)16(2,3)4)10-20-14(21)12-8-6-7-9-13(12)18-19-20/h6-9,11H,5,10H2,1-4H3,(H,17,22)/t11-/m1/s1. The molecule has 1 amide bonds. The van der Waals surface area contributed by atoms with Crippen molar-refractivity contribution in [1.29, 1.82) is 0 Å². The SMILES string of the molecule is CC[C@H](Cn1nnc2ccccc2c1=O)NC(=O)C(C)(C)C. The van der Waals surface area contributed by atoms with E-state index in [4.69, 9.17) is 0 Å². The molecule has 22 heavy (non-hydrogen) atoms. The lowest BCUT2D eigenvalue weighted by Gasteiger charge is -2.23. The van der Waals surface area contributed by atoms with Crippen molar-refractivity contribution in [2.45, 2.75) is 46.7 Å². The zero-order valence-corrected chi connectivity index (χ0v) is 13.5. The van der Waals surface area contributed by atoms with Crippen LogP contribution < -0.4 is 10.9 Å². The third-order valence-electron chi connectivity index (χ3n) is 3.53. The first-order chi connectivity index (χ1) is 10.3. The van der Waals surface area contributed by atoms with Gasteiger partial charge in [0.15, 0.2) is 0 Å². The van der Waals surface area contributed by atoms with Crippen LogP contribution in [0.3, 0.4) is 0 Å². The van der Waals surface area contributed by atoms with Crippen LogP contribution in [0.2, 0.25) is 0 Å². The molecule has 0 bridgehead atoms. The van der Waals surface area contributed by atoms with Gasteiger partial charge >= 0.3 is 0 Å². The summed E-state index contributed by atoms with van der Waals surface area (Å²) in [5.41, 5.74) is -0.0717. The minimum atomic E-state index is -0.465. The van der Waals surface area contributed by atoms with Crippen LogP contribution in [0.1, 0.15) is 34.1 Å². The zero-order valence-electron chi connectivity index (χ0n) is 13.5. The molecule has 2 aromatic rings. The molecule has 0 radical (unpaired) electrons. The smallest absolute Gasteiger partial charge is 0.277 e. The first-order valence-corrected chi connectivity index (χ1v) is 7.46. The van der Waals surface area contributed by atoms with Crippen molar-refractivity contribution in [3.8, 4) is 0 Å². The predicted octanol–water partition coefficient (Wildman–Crippen LogP) is 1.73. The lowest BCUT2D eigenvalue weighted by molar-refractivity contribution is -0.129. The Balaban J connectivity index is 2.23. The average molecular weight is 302 g/mol. The number of hydrogen-bond donors (Lipinski definition) is 1. The predicted molar refractivity (Wildman–Crippen MR) is 85.5 cm³/mol. The maximum absolute atomic E-state index is 12.4. The van der Waals surface area contributed by atoms with Crippen molar-refractivity contribution in [1.82, 2.24) is 20.3 Å². The second-order valence-corrected chi connectivity index (χ2v) is 6.42. The number of nitrogens with zero attached hydrogens (tertiary/aromatic N) is 3. The summed E-state index contributed by atoms with van der Waals surface area (Å²) in [7, 11) is 0. The van der Waals surface area contributed by atoms with E-state index in [0.717, 1.165) is 0 Å². The number of benzene rings is 1. The van der Waals surface area contributed by atoms with Crippen molar-refractivity contribution in [2.24, 2.45) is 5.41 Å². The van der Waals surface area contributed by atoms with E-state index < -0.39 is 5.41 Å². The van der Waals surface area contributed by atoms with Gasteiger partial charge in [-0.3, -0.25) is 9.59 Å². The molecule has 2 rings (SSSR count). The van der Waals surface area contributed by atoms with Crippen LogP contribution >= 0.6 is 0 Å². The van der Waals surface area contributed by atoms with Gasteiger partial charge in [0.05, 0.1) is 11.9 Å². The highest BCUT2D eigenvalue weighted by molar-refractivity contribution is 5.81. The highest BCUT2D eigenvalue weighted by Crippen LogP contribution is 2.13. The number of nitrogens with one attached hydrogen (secondary N) is 1. The van der Waals surface area contributed by atoms with Gasteiger partial charge in [0, 0.05) is 11.5 Å². The third-order valence-corrected chi connectivity index (χ3v) is 3.53. The number of rotatable bonds is 4. The molecule has 0 fully saturated rings.